The molecule has 4 nitrogen and oxygen atoms in total. The largest absolute Gasteiger partial charge is 0.370 e. The fourth-order valence-corrected chi connectivity index (χ4v) is 2.16. The number of rotatable bonds is 2. The van der Waals surface area contributed by atoms with Crippen molar-refractivity contribution in [3.8, 4) is 11.3 Å². The van der Waals surface area contributed by atoms with Crippen LogP contribution in [-0.4, -0.2) is 10.9 Å². The molecule has 4 heteroatoms. The zero-order valence-corrected chi connectivity index (χ0v) is 10.3. The molecule has 0 unspecified atom stereocenters. The van der Waals surface area contributed by atoms with E-state index in [0.29, 0.717) is 0 Å². The molecule has 0 spiro atoms. The standard InChI is InChI=1S/C15H14N4/c16-15(17)19-13-8-4-2-6-11(13)14-9-10-5-1-3-7-12(10)18-14/h1-9,18H,(H4,16,17,19). The van der Waals surface area contributed by atoms with Crippen LogP contribution in [0.4, 0.5) is 5.69 Å². The predicted molar refractivity (Wildman–Crippen MR) is 79.2 cm³/mol. The Kier molecular flexibility index (Phi) is 2.68. The number of nitrogens with one attached hydrogen (secondary N) is 1. The fraction of sp³-hybridized carbons (Fsp3) is 0. The number of guanidine groups is 1. The van der Waals surface area contributed by atoms with E-state index in [2.05, 4.69) is 22.1 Å². The minimum Gasteiger partial charge on any atom is -0.370 e. The molecule has 0 aliphatic heterocycles. The zero-order chi connectivity index (χ0) is 13.2. The lowest BCUT2D eigenvalue weighted by molar-refractivity contribution is 1.39. The molecule has 0 atom stereocenters. The number of aliphatic imine (C=N–C) groups is 1. The van der Waals surface area contributed by atoms with Crippen molar-refractivity contribution in [3.05, 3.63) is 54.6 Å². The Bertz CT molecular complexity index is 718. The average molecular weight is 250 g/mol. The first kappa shape index (κ1) is 11.3. The summed E-state index contributed by atoms with van der Waals surface area (Å²) in [5, 5.41) is 1.16. The van der Waals surface area contributed by atoms with Crippen LogP contribution in [0.2, 0.25) is 0 Å². The number of aromatic amines is 1. The molecule has 0 aliphatic carbocycles. The van der Waals surface area contributed by atoms with Crippen LogP contribution in [0, 0.1) is 0 Å². The third-order valence-corrected chi connectivity index (χ3v) is 2.97. The summed E-state index contributed by atoms with van der Waals surface area (Å²) in [5.74, 6) is 0.0589. The van der Waals surface area contributed by atoms with Gasteiger partial charge in [-0.15, -0.1) is 0 Å². The fourth-order valence-electron chi connectivity index (χ4n) is 2.16. The van der Waals surface area contributed by atoms with Crippen LogP contribution in [0.5, 0.6) is 0 Å². The third kappa shape index (κ3) is 2.15. The van der Waals surface area contributed by atoms with Gasteiger partial charge >= 0.3 is 0 Å². The molecule has 0 saturated heterocycles. The van der Waals surface area contributed by atoms with Crippen molar-refractivity contribution in [2.45, 2.75) is 0 Å². The Labute approximate surface area is 110 Å². The monoisotopic (exact) mass is 250 g/mol. The average Bonchev–Trinajstić information content (AvgIpc) is 2.82. The van der Waals surface area contributed by atoms with Gasteiger partial charge in [-0.2, -0.15) is 0 Å². The first-order valence-corrected chi connectivity index (χ1v) is 6.01. The van der Waals surface area contributed by atoms with E-state index in [1.54, 1.807) is 0 Å². The molecule has 2 aromatic carbocycles. The van der Waals surface area contributed by atoms with Gasteiger partial charge in [0.05, 0.1) is 5.69 Å². The van der Waals surface area contributed by atoms with Gasteiger partial charge in [0.15, 0.2) is 5.96 Å². The molecule has 1 aromatic heterocycles. The number of nitrogens with zero attached hydrogens (tertiary/aromatic N) is 1. The highest BCUT2D eigenvalue weighted by Gasteiger charge is 2.07. The van der Waals surface area contributed by atoms with E-state index in [0.717, 1.165) is 27.8 Å². The number of hydrogen-bond donors (Lipinski definition) is 3. The van der Waals surface area contributed by atoms with Crippen molar-refractivity contribution in [1.29, 1.82) is 0 Å². The summed E-state index contributed by atoms with van der Waals surface area (Å²) in [7, 11) is 0. The summed E-state index contributed by atoms with van der Waals surface area (Å²) in [6, 6.07) is 18.0. The van der Waals surface area contributed by atoms with Crippen molar-refractivity contribution in [2.75, 3.05) is 0 Å². The second-order valence-electron chi connectivity index (χ2n) is 4.32. The highest BCUT2D eigenvalue weighted by molar-refractivity contribution is 5.89. The van der Waals surface area contributed by atoms with Gasteiger partial charge in [-0.25, -0.2) is 4.99 Å². The SMILES string of the molecule is NC(N)=Nc1ccccc1-c1cc2ccccc2[nH]1. The Morgan fingerprint density at radius 1 is 0.947 bits per heavy atom. The van der Waals surface area contributed by atoms with Gasteiger partial charge in [0, 0.05) is 22.2 Å². The van der Waals surface area contributed by atoms with Gasteiger partial charge in [-0.1, -0.05) is 36.4 Å². The molecule has 0 bridgehead atoms. The molecule has 3 rings (SSSR count). The zero-order valence-electron chi connectivity index (χ0n) is 10.3. The third-order valence-electron chi connectivity index (χ3n) is 2.97. The Hall–Kier alpha value is -2.75. The second-order valence-corrected chi connectivity index (χ2v) is 4.32. The smallest absolute Gasteiger partial charge is 0.191 e. The topological polar surface area (TPSA) is 80.2 Å². The van der Waals surface area contributed by atoms with Crippen LogP contribution in [0.15, 0.2) is 59.6 Å². The van der Waals surface area contributed by atoms with Gasteiger partial charge in [-0.05, 0) is 18.2 Å². The number of H-pyrrole nitrogens is 1. The van der Waals surface area contributed by atoms with Crippen molar-refractivity contribution in [3.63, 3.8) is 0 Å². The Morgan fingerprint density at radius 3 is 2.47 bits per heavy atom. The molecule has 0 fully saturated rings. The highest BCUT2D eigenvalue weighted by atomic mass is 15.0. The lowest BCUT2D eigenvalue weighted by Crippen LogP contribution is -2.21. The molecule has 0 saturated carbocycles. The maximum absolute atomic E-state index is 5.46. The number of benzene rings is 2. The minimum absolute atomic E-state index is 0.0589. The quantitative estimate of drug-likeness (QED) is 0.483. The maximum Gasteiger partial charge on any atom is 0.191 e. The van der Waals surface area contributed by atoms with E-state index in [1.165, 1.54) is 0 Å². The molecule has 0 aliphatic rings. The van der Waals surface area contributed by atoms with Crippen molar-refractivity contribution in [2.24, 2.45) is 16.5 Å². The Morgan fingerprint density at radius 2 is 1.68 bits per heavy atom. The summed E-state index contributed by atoms with van der Waals surface area (Å²) in [4.78, 5) is 7.53. The van der Waals surface area contributed by atoms with Crippen molar-refractivity contribution >= 4 is 22.5 Å². The first-order valence-electron chi connectivity index (χ1n) is 6.01. The lowest BCUT2D eigenvalue weighted by atomic mass is 10.1. The van der Waals surface area contributed by atoms with E-state index >= 15 is 0 Å². The van der Waals surface area contributed by atoms with Crippen LogP contribution in [0.3, 0.4) is 0 Å². The molecule has 19 heavy (non-hydrogen) atoms. The molecule has 0 amide bonds. The van der Waals surface area contributed by atoms with E-state index in [-0.39, 0.29) is 5.96 Å². The summed E-state index contributed by atoms with van der Waals surface area (Å²) in [6.45, 7) is 0. The van der Waals surface area contributed by atoms with Gasteiger partial charge in [-0.3, -0.25) is 0 Å². The molecular formula is C15H14N4. The van der Waals surface area contributed by atoms with Gasteiger partial charge in [0.25, 0.3) is 0 Å². The van der Waals surface area contributed by atoms with Crippen molar-refractivity contribution < 1.29 is 0 Å². The highest BCUT2D eigenvalue weighted by Crippen LogP contribution is 2.31. The van der Waals surface area contributed by atoms with Crippen LogP contribution in [-0.2, 0) is 0 Å². The number of fused-ring (bicyclic) bond motifs is 1. The second kappa shape index (κ2) is 4.49. The maximum atomic E-state index is 5.46. The lowest BCUT2D eigenvalue weighted by Gasteiger charge is -2.03. The summed E-state index contributed by atoms with van der Waals surface area (Å²) in [5.41, 5.74) is 14.8. The molecule has 1 heterocycles. The van der Waals surface area contributed by atoms with E-state index in [4.69, 9.17) is 11.5 Å². The minimum atomic E-state index is 0.0589. The number of hydrogen-bond acceptors (Lipinski definition) is 1. The van der Waals surface area contributed by atoms with Crippen molar-refractivity contribution in [1.82, 2.24) is 4.98 Å². The van der Waals surface area contributed by atoms with Gasteiger partial charge in [0.1, 0.15) is 0 Å². The molecular weight excluding hydrogens is 236 g/mol. The van der Waals surface area contributed by atoms with Crippen LogP contribution < -0.4 is 11.5 Å². The normalized spacial score (nSPS) is 10.5. The number of aromatic nitrogens is 1. The molecule has 3 aromatic rings. The summed E-state index contributed by atoms with van der Waals surface area (Å²) >= 11 is 0. The molecule has 94 valence electrons. The van der Waals surface area contributed by atoms with E-state index < -0.39 is 0 Å². The Balaban J connectivity index is 2.18. The number of para-hydroxylation sites is 2. The van der Waals surface area contributed by atoms with Gasteiger partial charge < -0.3 is 16.5 Å². The summed E-state index contributed by atoms with van der Waals surface area (Å²) in [6.07, 6.45) is 0. The number of nitrogens with two attached hydrogens (primary N) is 2. The summed E-state index contributed by atoms with van der Waals surface area (Å²) < 4.78 is 0. The van der Waals surface area contributed by atoms with Gasteiger partial charge in [0.2, 0.25) is 0 Å². The van der Waals surface area contributed by atoms with Crippen LogP contribution in [0.1, 0.15) is 0 Å². The predicted octanol–water partition coefficient (Wildman–Crippen LogP) is 2.74. The molecule has 0 radical (unpaired) electrons. The van der Waals surface area contributed by atoms with E-state index in [9.17, 15) is 0 Å². The molecule has 5 N–H and O–H groups in total. The first-order chi connectivity index (χ1) is 9.24. The van der Waals surface area contributed by atoms with Crippen LogP contribution >= 0.6 is 0 Å². The van der Waals surface area contributed by atoms with E-state index in [1.807, 2.05) is 42.5 Å². The van der Waals surface area contributed by atoms with Crippen LogP contribution in [0.25, 0.3) is 22.2 Å².